The van der Waals surface area contributed by atoms with Crippen molar-refractivity contribution in [1.82, 2.24) is 19.7 Å². The van der Waals surface area contributed by atoms with Crippen molar-refractivity contribution in [2.24, 2.45) is 0 Å². The monoisotopic (exact) mass is 315 g/mol. The normalized spacial score (nSPS) is 16.6. The molecule has 2 heterocycles. The van der Waals surface area contributed by atoms with Gasteiger partial charge >= 0.3 is 0 Å². The SMILES string of the molecule is CCN1C[C@@H](CN(C)C(=O)Cn2cncn2)Oc2ccccc21. The largest absolute Gasteiger partial charge is 0.485 e. The van der Waals surface area contributed by atoms with E-state index in [0.29, 0.717) is 6.54 Å². The molecule has 2 aromatic rings. The molecule has 1 amide bonds. The third-order valence-electron chi connectivity index (χ3n) is 3.97. The molecule has 3 rings (SSSR count). The summed E-state index contributed by atoms with van der Waals surface area (Å²) in [7, 11) is 1.79. The Bertz CT molecular complexity index is 658. The van der Waals surface area contributed by atoms with Crippen molar-refractivity contribution in [3.63, 3.8) is 0 Å². The maximum Gasteiger partial charge on any atom is 0.244 e. The van der Waals surface area contributed by atoms with Crippen LogP contribution in [-0.4, -0.2) is 58.4 Å². The molecule has 1 aliphatic heterocycles. The molecule has 23 heavy (non-hydrogen) atoms. The van der Waals surface area contributed by atoms with E-state index in [1.807, 2.05) is 18.2 Å². The molecule has 0 aliphatic carbocycles. The molecule has 0 fully saturated rings. The van der Waals surface area contributed by atoms with Gasteiger partial charge in [-0.3, -0.25) is 4.79 Å². The second kappa shape index (κ2) is 6.68. The summed E-state index contributed by atoms with van der Waals surface area (Å²) in [6.07, 6.45) is 2.92. The minimum atomic E-state index is -0.0467. The van der Waals surface area contributed by atoms with E-state index in [2.05, 4.69) is 28.0 Å². The van der Waals surface area contributed by atoms with Crippen molar-refractivity contribution >= 4 is 11.6 Å². The number of rotatable bonds is 5. The van der Waals surface area contributed by atoms with Gasteiger partial charge in [0, 0.05) is 13.6 Å². The number of likely N-dealkylation sites (N-methyl/N-ethyl adjacent to an activating group) is 2. The Morgan fingerprint density at radius 1 is 1.43 bits per heavy atom. The number of fused-ring (bicyclic) bond motifs is 1. The third-order valence-corrected chi connectivity index (χ3v) is 3.97. The van der Waals surface area contributed by atoms with Crippen molar-refractivity contribution in [1.29, 1.82) is 0 Å². The first-order valence-electron chi connectivity index (χ1n) is 7.74. The number of benzene rings is 1. The molecule has 0 saturated heterocycles. The van der Waals surface area contributed by atoms with Gasteiger partial charge in [-0.2, -0.15) is 5.10 Å². The number of hydrogen-bond acceptors (Lipinski definition) is 5. The zero-order valence-electron chi connectivity index (χ0n) is 13.4. The van der Waals surface area contributed by atoms with Crippen LogP contribution in [0.2, 0.25) is 0 Å². The first kappa shape index (κ1) is 15.3. The van der Waals surface area contributed by atoms with E-state index >= 15 is 0 Å². The van der Waals surface area contributed by atoms with Gasteiger partial charge in [0.05, 0.1) is 18.8 Å². The van der Waals surface area contributed by atoms with Crippen molar-refractivity contribution in [2.45, 2.75) is 19.6 Å². The van der Waals surface area contributed by atoms with Crippen LogP contribution in [0, 0.1) is 0 Å². The van der Waals surface area contributed by atoms with E-state index in [4.69, 9.17) is 4.74 Å². The van der Waals surface area contributed by atoms with E-state index < -0.39 is 0 Å². The Morgan fingerprint density at radius 3 is 3.00 bits per heavy atom. The summed E-state index contributed by atoms with van der Waals surface area (Å²) in [6, 6.07) is 8.02. The number of para-hydroxylation sites is 2. The van der Waals surface area contributed by atoms with Crippen molar-refractivity contribution in [2.75, 3.05) is 31.6 Å². The van der Waals surface area contributed by atoms with Crippen LogP contribution in [0.4, 0.5) is 5.69 Å². The zero-order chi connectivity index (χ0) is 16.2. The maximum atomic E-state index is 12.2. The number of aromatic nitrogens is 3. The molecule has 1 aromatic carbocycles. The topological polar surface area (TPSA) is 63.5 Å². The number of amides is 1. The predicted molar refractivity (Wildman–Crippen MR) is 86.4 cm³/mol. The lowest BCUT2D eigenvalue weighted by atomic mass is 10.2. The van der Waals surface area contributed by atoms with Gasteiger partial charge in [-0.05, 0) is 19.1 Å². The van der Waals surface area contributed by atoms with E-state index in [0.717, 1.165) is 24.5 Å². The molecule has 1 atom stereocenters. The Morgan fingerprint density at radius 2 is 2.26 bits per heavy atom. The number of hydrogen-bond donors (Lipinski definition) is 0. The first-order chi connectivity index (χ1) is 11.2. The van der Waals surface area contributed by atoms with Gasteiger partial charge in [0.25, 0.3) is 0 Å². The van der Waals surface area contributed by atoms with Gasteiger partial charge in [-0.1, -0.05) is 12.1 Å². The van der Waals surface area contributed by atoms with Crippen molar-refractivity contribution in [3.05, 3.63) is 36.9 Å². The Hall–Kier alpha value is -2.57. The fourth-order valence-corrected chi connectivity index (χ4v) is 2.75. The van der Waals surface area contributed by atoms with Crippen LogP contribution in [0.25, 0.3) is 0 Å². The second-order valence-corrected chi connectivity index (χ2v) is 5.61. The van der Waals surface area contributed by atoms with Gasteiger partial charge in [0.2, 0.25) is 5.91 Å². The van der Waals surface area contributed by atoms with Crippen LogP contribution in [0.3, 0.4) is 0 Å². The van der Waals surface area contributed by atoms with E-state index in [1.165, 1.54) is 17.3 Å². The molecule has 122 valence electrons. The summed E-state index contributed by atoms with van der Waals surface area (Å²) in [5, 5.41) is 3.96. The molecule has 7 nitrogen and oxygen atoms in total. The van der Waals surface area contributed by atoms with Gasteiger partial charge < -0.3 is 14.5 Å². The van der Waals surface area contributed by atoms with E-state index in [1.54, 1.807) is 11.9 Å². The molecule has 7 heteroatoms. The van der Waals surface area contributed by atoms with Crippen LogP contribution < -0.4 is 9.64 Å². The summed E-state index contributed by atoms with van der Waals surface area (Å²) < 4.78 is 7.57. The third kappa shape index (κ3) is 3.44. The lowest BCUT2D eigenvalue weighted by Gasteiger charge is -2.37. The van der Waals surface area contributed by atoms with Gasteiger partial charge in [-0.15, -0.1) is 0 Å². The molecule has 0 radical (unpaired) electrons. The Kier molecular flexibility index (Phi) is 4.45. The lowest BCUT2D eigenvalue weighted by molar-refractivity contribution is -0.131. The van der Waals surface area contributed by atoms with E-state index in [-0.39, 0.29) is 18.6 Å². The predicted octanol–water partition coefficient (Wildman–Crippen LogP) is 1.02. The number of nitrogens with zero attached hydrogens (tertiary/aromatic N) is 5. The average Bonchev–Trinajstić information content (AvgIpc) is 3.07. The molecular formula is C16H21N5O2. The van der Waals surface area contributed by atoms with Crippen molar-refractivity contribution in [3.8, 4) is 5.75 Å². The second-order valence-electron chi connectivity index (χ2n) is 5.61. The van der Waals surface area contributed by atoms with E-state index in [9.17, 15) is 4.79 Å². The summed E-state index contributed by atoms with van der Waals surface area (Å²) >= 11 is 0. The molecule has 0 unspecified atom stereocenters. The van der Waals surface area contributed by atoms with Crippen LogP contribution >= 0.6 is 0 Å². The molecule has 0 bridgehead atoms. The molecule has 0 spiro atoms. The minimum absolute atomic E-state index is 0.0130. The molecule has 0 N–H and O–H groups in total. The lowest BCUT2D eigenvalue weighted by Crippen LogP contribution is -2.47. The van der Waals surface area contributed by atoms with Gasteiger partial charge in [0.15, 0.2) is 0 Å². The summed E-state index contributed by atoms with van der Waals surface area (Å²) in [5.74, 6) is 0.865. The number of ether oxygens (including phenoxy) is 1. The minimum Gasteiger partial charge on any atom is -0.485 e. The zero-order valence-corrected chi connectivity index (χ0v) is 13.4. The summed E-state index contributed by atoms with van der Waals surface area (Å²) in [5.41, 5.74) is 1.11. The highest BCUT2D eigenvalue weighted by molar-refractivity contribution is 5.75. The smallest absolute Gasteiger partial charge is 0.244 e. The Balaban J connectivity index is 1.63. The highest BCUT2D eigenvalue weighted by Gasteiger charge is 2.26. The van der Waals surface area contributed by atoms with Crippen molar-refractivity contribution < 1.29 is 9.53 Å². The van der Waals surface area contributed by atoms with Crippen LogP contribution in [-0.2, 0) is 11.3 Å². The van der Waals surface area contributed by atoms with Gasteiger partial charge in [-0.25, -0.2) is 9.67 Å². The highest BCUT2D eigenvalue weighted by Crippen LogP contribution is 2.32. The number of carbonyl (C=O) groups is 1. The molecule has 1 aliphatic rings. The molecule has 0 saturated carbocycles. The number of carbonyl (C=O) groups excluding carboxylic acids is 1. The number of anilines is 1. The summed E-state index contributed by atoms with van der Waals surface area (Å²) in [6.45, 7) is 4.54. The maximum absolute atomic E-state index is 12.2. The first-order valence-corrected chi connectivity index (χ1v) is 7.74. The molecular weight excluding hydrogens is 294 g/mol. The van der Waals surface area contributed by atoms with Crippen LogP contribution in [0.1, 0.15) is 6.92 Å². The average molecular weight is 315 g/mol. The summed E-state index contributed by atoms with van der Waals surface area (Å²) in [4.78, 5) is 20.1. The fraction of sp³-hybridized carbons (Fsp3) is 0.438. The van der Waals surface area contributed by atoms with Crippen LogP contribution in [0.5, 0.6) is 5.75 Å². The Labute approximate surface area is 135 Å². The quantitative estimate of drug-likeness (QED) is 0.824. The standard InChI is InChI=1S/C16H21N5O2/c1-3-20-9-13(23-15-7-5-4-6-14(15)20)8-19(2)16(22)10-21-12-17-11-18-21/h4-7,11-13H,3,8-10H2,1-2H3/t13-/m1/s1. The fourth-order valence-electron chi connectivity index (χ4n) is 2.75. The van der Waals surface area contributed by atoms with Crippen LogP contribution in [0.15, 0.2) is 36.9 Å². The highest BCUT2D eigenvalue weighted by atomic mass is 16.5. The van der Waals surface area contributed by atoms with Gasteiger partial charge in [0.1, 0.15) is 31.1 Å². The molecule has 1 aromatic heterocycles.